The van der Waals surface area contributed by atoms with Gasteiger partial charge >= 0.3 is 0 Å². The largest absolute Gasteiger partial charge is 0.490 e. The molecule has 2 fully saturated rings. The van der Waals surface area contributed by atoms with E-state index in [1.165, 1.54) is 31.2 Å². The number of hydrogen-bond acceptors (Lipinski definition) is 3. The molecule has 2 saturated carbocycles. The first kappa shape index (κ1) is 18.5. The summed E-state index contributed by atoms with van der Waals surface area (Å²) in [6, 6.07) is 8.95. The molecule has 27 heavy (non-hydrogen) atoms. The number of ether oxygens (including phenoxy) is 1. The highest BCUT2D eigenvalue weighted by atomic mass is 16.5. The van der Waals surface area contributed by atoms with Gasteiger partial charge in [-0.25, -0.2) is 9.97 Å². The van der Waals surface area contributed by atoms with Crippen LogP contribution in [-0.4, -0.2) is 16.1 Å². The summed E-state index contributed by atoms with van der Waals surface area (Å²) in [5, 5.41) is 0. The third-order valence-electron chi connectivity index (χ3n) is 6.51. The fourth-order valence-corrected chi connectivity index (χ4v) is 4.66. The van der Waals surface area contributed by atoms with Gasteiger partial charge in [-0.05, 0) is 80.5 Å². The maximum absolute atomic E-state index is 6.28. The lowest BCUT2D eigenvalue weighted by Crippen LogP contribution is -2.24. The first-order valence-corrected chi connectivity index (χ1v) is 10.7. The highest BCUT2D eigenvalue weighted by molar-refractivity contribution is 5.30. The Labute approximate surface area is 163 Å². The van der Waals surface area contributed by atoms with Gasteiger partial charge in [0.1, 0.15) is 11.6 Å². The van der Waals surface area contributed by atoms with E-state index in [0.717, 1.165) is 54.7 Å². The third-order valence-corrected chi connectivity index (χ3v) is 6.51. The van der Waals surface area contributed by atoms with E-state index in [2.05, 4.69) is 41.2 Å². The maximum Gasteiger partial charge on any atom is 0.131 e. The molecule has 0 N–H and O–H groups in total. The molecule has 3 heteroatoms. The fourth-order valence-electron chi connectivity index (χ4n) is 4.66. The molecule has 0 saturated heterocycles. The van der Waals surface area contributed by atoms with Gasteiger partial charge in [0.2, 0.25) is 0 Å². The van der Waals surface area contributed by atoms with Crippen LogP contribution >= 0.6 is 0 Å². The quantitative estimate of drug-likeness (QED) is 0.649. The van der Waals surface area contributed by atoms with Crippen molar-refractivity contribution >= 4 is 0 Å². The van der Waals surface area contributed by atoms with Crippen molar-refractivity contribution in [2.75, 3.05) is 0 Å². The second-order valence-corrected chi connectivity index (χ2v) is 8.74. The van der Waals surface area contributed by atoms with E-state index in [-0.39, 0.29) is 0 Å². The van der Waals surface area contributed by atoms with Crippen LogP contribution in [0, 0.1) is 12.8 Å². The topological polar surface area (TPSA) is 35.0 Å². The molecule has 3 nitrogen and oxygen atoms in total. The Balaban J connectivity index is 1.28. The van der Waals surface area contributed by atoms with Crippen molar-refractivity contribution in [3.63, 3.8) is 0 Å². The van der Waals surface area contributed by atoms with E-state index >= 15 is 0 Å². The SMILES string of the molecule is Cc1cnc(C2CCC(Oc3ccc(C4CCC(C)CC4)cc3)CC2)nc1. The van der Waals surface area contributed by atoms with E-state index in [0.29, 0.717) is 12.0 Å². The minimum Gasteiger partial charge on any atom is -0.490 e. The molecule has 4 rings (SSSR count). The molecule has 0 spiro atoms. The summed E-state index contributed by atoms with van der Waals surface area (Å²) in [6.45, 7) is 4.42. The zero-order valence-electron chi connectivity index (χ0n) is 16.7. The number of nitrogens with zero attached hydrogens (tertiary/aromatic N) is 2. The Morgan fingerprint density at radius 3 is 2.00 bits per heavy atom. The molecule has 0 atom stereocenters. The number of aromatic nitrogens is 2. The third kappa shape index (κ3) is 4.69. The summed E-state index contributed by atoms with van der Waals surface area (Å²) in [4.78, 5) is 9.04. The molecule has 1 heterocycles. The molecule has 144 valence electrons. The summed E-state index contributed by atoms with van der Waals surface area (Å²) in [5.74, 6) is 4.18. The molecule has 0 aliphatic heterocycles. The minimum atomic E-state index is 0.327. The Bertz CT molecular complexity index is 709. The summed E-state index contributed by atoms with van der Waals surface area (Å²) in [5.41, 5.74) is 2.62. The standard InChI is InChI=1S/C24H32N2O/c1-17-3-5-19(6-4-17)20-7-11-22(12-8-20)27-23-13-9-21(10-14-23)24-25-15-18(2)16-26-24/h7-8,11-12,15-17,19,21,23H,3-6,9-10,13-14H2,1-2H3. The van der Waals surface area contributed by atoms with E-state index in [4.69, 9.17) is 4.74 Å². The normalized spacial score (nSPS) is 28.7. The first-order chi connectivity index (χ1) is 13.2. The smallest absolute Gasteiger partial charge is 0.131 e. The average Bonchev–Trinajstić information content (AvgIpc) is 2.71. The van der Waals surface area contributed by atoms with Gasteiger partial charge in [0.25, 0.3) is 0 Å². The van der Waals surface area contributed by atoms with E-state index < -0.39 is 0 Å². The van der Waals surface area contributed by atoms with Gasteiger partial charge in [-0.3, -0.25) is 0 Å². The van der Waals surface area contributed by atoms with E-state index in [1.807, 2.05) is 19.3 Å². The van der Waals surface area contributed by atoms with Gasteiger partial charge in [0.15, 0.2) is 0 Å². The summed E-state index contributed by atoms with van der Waals surface area (Å²) < 4.78 is 6.28. The molecule has 1 aromatic heterocycles. The van der Waals surface area contributed by atoms with Crippen molar-refractivity contribution in [2.24, 2.45) is 5.92 Å². The highest BCUT2D eigenvalue weighted by Crippen LogP contribution is 2.37. The predicted octanol–water partition coefficient (Wildman–Crippen LogP) is 6.18. The molecule has 2 aliphatic carbocycles. The number of benzene rings is 1. The van der Waals surface area contributed by atoms with Gasteiger partial charge in [0.05, 0.1) is 6.10 Å². The van der Waals surface area contributed by atoms with E-state index in [9.17, 15) is 0 Å². The van der Waals surface area contributed by atoms with Crippen molar-refractivity contribution < 1.29 is 4.74 Å². The lowest BCUT2D eigenvalue weighted by Gasteiger charge is -2.29. The van der Waals surface area contributed by atoms with Crippen LogP contribution in [0.15, 0.2) is 36.7 Å². The van der Waals surface area contributed by atoms with Gasteiger partial charge < -0.3 is 4.74 Å². The van der Waals surface area contributed by atoms with E-state index in [1.54, 1.807) is 0 Å². The van der Waals surface area contributed by atoms with Crippen LogP contribution in [0.2, 0.25) is 0 Å². The Hall–Kier alpha value is -1.90. The Kier molecular flexibility index (Phi) is 5.75. The van der Waals surface area contributed by atoms with Crippen molar-refractivity contribution in [2.45, 2.75) is 83.2 Å². The lowest BCUT2D eigenvalue weighted by atomic mass is 9.79. The van der Waals surface area contributed by atoms with Crippen molar-refractivity contribution in [1.29, 1.82) is 0 Å². The minimum absolute atomic E-state index is 0.327. The van der Waals surface area contributed by atoms with Crippen molar-refractivity contribution in [3.8, 4) is 5.75 Å². The van der Waals surface area contributed by atoms with Crippen LogP contribution in [0.5, 0.6) is 5.75 Å². The molecule has 2 aliphatic rings. The average molecular weight is 365 g/mol. The van der Waals surface area contributed by atoms with Gasteiger partial charge in [-0.2, -0.15) is 0 Å². The van der Waals surface area contributed by atoms with Gasteiger partial charge in [-0.15, -0.1) is 0 Å². The second-order valence-electron chi connectivity index (χ2n) is 8.74. The molecule has 0 bridgehead atoms. The van der Waals surface area contributed by atoms with Crippen molar-refractivity contribution in [3.05, 3.63) is 53.6 Å². The number of rotatable bonds is 4. The fraction of sp³-hybridized carbons (Fsp3) is 0.583. The van der Waals surface area contributed by atoms with Gasteiger partial charge in [0, 0.05) is 18.3 Å². The lowest BCUT2D eigenvalue weighted by molar-refractivity contribution is 0.145. The zero-order valence-corrected chi connectivity index (χ0v) is 16.7. The van der Waals surface area contributed by atoms with Crippen LogP contribution < -0.4 is 4.74 Å². The first-order valence-electron chi connectivity index (χ1n) is 10.7. The number of hydrogen-bond donors (Lipinski definition) is 0. The second kappa shape index (κ2) is 8.41. The summed E-state index contributed by atoms with van der Waals surface area (Å²) in [6.07, 6.45) is 14.0. The van der Waals surface area contributed by atoms with Gasteiger partial charge in [-0.1, -0.05) is 31.9 Å². The highest BCUT2D eigenvalue weighted by Gasteiger charge is 2.25. The predicted molar refractivity (Wildman–Crippen MR) is 109 cm³/mol. The van der Waals surface area contributed by atoms with Crippen LogP contribution in [0.25, 0.3) is 0 Å². The molecule has 1 aromatic carbocycles. The molecule has 2 aromatic rings. The molecule has 0 amide bonds. The van der Waals surface area contributed by atoms with Crippen LogP contribution in [0.1, 0.15) is 87.1 Å². The maximum atomic E-state index is 6.28. The zero-order chi connectivity index (χ0) is 18.6. The number of aryl methyl sites for hydroxylation is 1. The summed E-state index contributed by atoms with van der Waals surface area (Å²) >= 11 is 0. The van der Waals surface area contributed by atoms with Crippen LogP contribution in [-0.2, 0) is 0 Å². The van der Waals surface area contributed by atoms with Crippen LogP contribution in [0.3, 0.4) is 0 Å². The molecule has 0 unspecified atom stereocenters. The Morgan fingerprint density at radius 2 is 1.37 bits per heavy atom. The molecule has 0 radical (unpaired) electrons. The monoisotopic (exact) mass is 364 g/mol. The molecular weight excluding hydrogens is 332 g/mol. The van der Waals surface area contributed by atoms with Crippen molar-refractivity contribution in [1.82, 2.24) is 9.97 Å². The summed E-state index contributed by atoms with van der Waals surface area (Å²) in [7, 11) is 0. The molecular formula is C24H32N2O. The van der Waals surface area contributed by atoms with Crippen LogP contribution in [0.4, 0.5) is 0 Å². The Morgan fingerprint density at radius 1 is 0.778 bits per heavy atom.